The molecule has 1 aliphatic rings. The monoisotopic (exact) mass is 323 g/mol. The summed E-state index contributed by atoms with van der Waals surface area (Å²) in [5.74, 6) is 0.0201. The minimum absolute atomic E-state index is 0.0315. The Hall–Kier alpha value is -1.40. The van der Waals surface area contributed by atoms with E-state index in [2.05, 4.69) is 16.3 Å². The molecular weight excluding hydrogens is 298 g/mol. The van der Waals surface area contributed by atoms with E-state index in [1.54, 1.807) is 11.3 Å². The van der Waals surface area contributed by atoms with E-state index in [0.29, 0.717) is 13.1 Å². The quantitative estimate of drug-likeness (QED) is 0.867. The number of thiophene rings is 1. The van der Waals surface area contributed by atoms with Crippen LogP contribution in [0.3, 0.4) is 0 Å². The van der Waals surface area contributed by atoms with Gasteiger partial charge in [-0.1, -0.05) is 6.07 Å². The van der Waals surface area contributed by atoms with Gasteiger partial charge >= 0.3 is 0 Å². The highest BCUT2D eigenvalue weighted by Crippen LogP contribution is 2.18. The molecule has 122 valence electrons. The third-order valence-corrected chi connectivity index (χ3v) is 4.89. The minimum atomic E-state index is -0.365. The first-order valence-corrected chi connectivity index (χ1v) is 8.74. The molecule has 0 spiro atoms. The zero-order valence-corrected chi connectivity index (χ0v) is 14.4. The molecule has 6 heteroatoms. The molecule has 0 aliphatic carbocycles. The summed E-state index contributed by atoms with van der Waals surface area (Å²) in [5, 5.41) is 4.92. The third-order valence-electron chi connectivity index (χ3n) is 4.03. The van der Waals surface area contributed by atoms with Gasteiger partial charge in [0.25, 0.3) is 0 Å². The summed E-state index contributed by atoms with van der Waals surface area (Å²) in [6, 6.07) is 3.88. The number of carbonyl (C=O) groups is 2. The lowest BCUT2D eigenvalue weighted by Crippen LogP contribution is -2.56. The lowest BCUT2D eigenvalue weighted by Gasteiger charge is -2.36. The molecular formula is C16H25N3O2S. The van der Waals surface area contributed by atoms with Gasteiger partial charge in [0.15, 0.2) is 0 Å². The van der Waals surface area contributed by atoms with Crippen molar-refractivity contribution >= 4 is 23.2 Å². The first-order chi connectivity index (χ1) is 10.5. The average molecular weight is 323 g/mol. The zero-order chi connectivity index (χ0) is 16.1. The van der Waals surface area contributed by atoms with Crippen LogP contribution in [0.1, 0.15) is 32.1 Å². The largest absolute Gasteiger partial charge is 0.353 e. The molecule has 1 aliphatic heterocycles. The molecule has 1 atom stereocenters. The Labute approximate surface area is 136 Å². The second-order valence-corrected chi connectivity index (χ2v) is 6.87. The van der Waals surface area contributed by atoms with Crippen LogP contribution in [0.2, 0.25) is 0 Å². The molecule has 0 radical (unpaired) electrons. The van der Waals surface area contributed by atoms with Gasteiger partial charge in [-0.05, 0) is 32.2 Å². The lowest BCUT2D eigenvalue weighted by molar-refractivity contribution is -0.140. The molecule has 1 fully saturated rings. The standard InChI is InChI=1S/C16H25N3O2S/c1-4-19(12(2)3)15(20)10-14-16(21)17-7-8-18(14)11-13-6-5-9-22-13/h5-6,9,12,14H,4,7-8,10-11H2,1-3H3,(H,17,21)/t14-/m0/s1. The van der Waals surface area contributed by atoms with Gasteiger partial charge in [0, 0.05) is 37.1 Å². The van der Waals surface area contributed by atoms with Crippen LogP contribution in [0, 0.1) is 0 Å². The number of piperazine rings is 1. The molecule has 5 nitrogen and oxygen atoms in total. The summed E-state index contributed by atoms with van der Waals surface area (Å²) in [4.78, 5) is 29.9. The van der Waals surface area contributed by atoms with Crippen LogP contribution in [-0.4, -0.2) is 53.3 Å². The van der Waals surface area contributed by atoms with Crippen molar-refractivity contribution < 1.29 is 9.59 Å². The van der Waals surface area contributed by atoms with E-state index in [0.717, 1.165) is 13.1 Å². The predicted octanol–water partition coefficient (Wildman–Crippen LogP) is 1.70. The van der Waals surface area contributed by atoms with Crippen LogP contribution in [0.25, 0.3) is 0 Å². The number of hydrogen-bond acceptors (Lipinski definition) is 4. The van der Waals surface area contributed by atoms with Crippen LogP contribution in [-0.2, 0) is 16.1 Å². The fourth-order valence-electron chi connectivity index (χ4n) is 2.89. The number of nitrogens with one attached hydrogen (secondary N) is 1. The molecule has 0 bridgehead atoms. The van der Waals surface area contributed by atoms with Crippen molar-refractivity contribution in [3.8, 4) is 0 Å². The van der Waals surface area contributed by atoms with Gasteiger partial charge in [0.05, 0.1) is 12.5 Å². The van der Waals surface area contributed by atoms with Gasteiger partial charge in [-0.3, -0.25) is 14.5 Å². The van der Waals surface area contributed by atoms with E-state index >= 15 is 0 Å². The Morgan fingerprint density at radius 3 is 2.91 bits per heavy atom. The van der Waals surface area contributed by atoms with Gasteiger partial charge in [-0.15, -0.1) is 11.3 Å². The summed E-state index contributed by atoms with van der Waals surface area (Å²) in [5.41, 5.74) is 0. The van der Waals surface area contributed by atoms with Crippen molar-refractivity contribution in [3.63, 3.8) is 0 Å². The predicted molar refractivity (Wildman–Crippen MR) is 88.7 cm³/mol. The SMILES string of the molecule is CCN(C(=O)C[C@H]1C(=O)NCCN1Cc1cccs1)C(C)C. The normalized spacial score (nSPS) is 19.3. The first-order valence-electron chi connectivity index (χ1n) is 7.86. The number of hydrogen-bond donors (Lipinski definition) is 1. The van der Waals surface area contributed by atoms with E-state index in [-0.39, 0.29) is 30.3 Å². The van der Waals surface area contributed by atoms with Crippen molar-refractivity contribution in [2.45, 2.75) is 45.8 Å². The van der Waals surface area contributed by atoms with E-state index in [9.17, 15) is 9.59 Å². The van der Waals surface area contributed by atoms with E-state index < -0.39 is 0 Å². The van der Waals surface area contributed by atoms with Gasteiger partial charge in [0.1, 0.15) is 0 Å². The molecule has 1 saturated heterocycles. The highest BCUT2D eigenvalue weighted by molar-refractivity contribution is 7.09. The summed E-state index contributed by atoms with van der Waals surface area (Å²) in [7, 11) is 0. The van der Waals surface area contributed by atoms with Crippen LogP contribution in [0.5, 0.6) is 0 Å². The lowest BCUT2D eigenvalue weighted by atomic mass is 10.1. The fourth-order valence-corrected chi connectivity index (χ4v) is 3.62. The van der Waals surface area contributed by atoms with Crippen molar-refractivity contribution in [2.24, 2.45) is 0 Å². The molecule has 1 aromatic rings. The first kappa shape index (κ1) is 17.0. The molecule has 0 aromatic carbocycles. The van der Waals surface area contributed by atoms with Crippen LogP contribution >= 0.6 is 11.3 Å². The number of nitrogens with zero attached hydrogens (tertiary/aromatic N) is 2. The summed E-state index contributed by atoms with van der Waals surface area (Å²) < 4.78 is 0. The maximum absolute atomic E-state index is 12.5. The van der Waals surface area contributed by atoms with E-state index in [1.165, 1.54) is 4.88 Å². The van der Waals surface area contributed by atoms with E-state index in [1.807, 2.05) is 37.1 Å². The van der Waals surface area contributed by atoms with E-state index in [4.69, 9.17) is 0 Å². The van der Waals surface area contributed by atoms with Crippen molar-refractivity contribution in [1.82, 2.24) is 15.1 Å². The Kier molecular flexibility index (Phi) is 5.97. The van der Waals surface area contributed by atoms with Gasteiger partial charge in [-0.25, -0.2) is 0 Å². The van der Waals surface area contributed by atoms with Crippen LogP contribution in [0.15, 0.2) is 17.5 Å². The van der Waals surface area contributed by atoms with Gasteiger partial charge < -0.3 is 10.2 Å². The maximum atomic E-state index is 12.5. The Morgan fingerprint density at radius 1 is 1.55 bits per heavy atom. The highest BCUT2D eigenvalue weighted by atomic mass is 32.1. The molecule has 0 saturated carbocycles. The smallest absolute Gasteiger partial charge is 0.237 e. The van der Waals surface area contributed by atoms with Crippen molar-refractivity contribution in [1.29, 1.82) is 0 Å². The second kappa shape index (κ2) is 7.74. The van der Waals surface area contributed by atoms with Gasteiger partial charge in [0.2, 0.25) is 11.8 Å². The average Bonchev–Trinajstić information content (AvgIpc) is 2.96. The Balaban J connectivity index is 2.06. The summed E-state index contributed by atoms with van der Waals surface area (Å²) >= 11 is 1.69. The number of amides is 2. The Morgan fingerprint density at radius 2 is 2.32 bits per heavy atom. The third kappa shape index (κ3) is 4.08. The van der Waals surface area contributed by atoms with Gasteiger partial charge in [-0.2, -0.15) is 0 Å². The molecule has 2 rings (SSSR count). The van der Waals surface area contributed by atoms with Crippen LogP contribution < -0.4 is 5.32 Å². The maximum Gasteiger partial charge on any atom is 0.237 e. The Bertz CT molecular complexity index is 501. The topological polar surface area (TPSA) is 52.7 Å². The molecule has 22 heavy (non-hydrogen) atoms. The zero-order valence-electron chi connectivity index (χ0n) is 13.5. The summed E-state index contributed by atoms with van der Waals surface area (Å²) in [6.07, 6.45) is 0.253. The molecule has 1 N–H and O–H groups in total. The summed E-state index contributed by atoms with van der Waals surface area (Å²) in [6.45, 7) is 8.83. The molecule has 2 heterocycles. The second-order valence-electron chi connectivity index (χ2n) is 5.83. The number of carbonyl (C=O) groups excluding carboxylic acids is 2. The minimum Gasteiger partial charge on any atom is -0.353 e. The molecule has 1 aromatic heterocycles. The van der Waals surface area contributed by atoms with Crippen molar-refractivity contribution in [3.05, 3.63) is 22.4 Å². The fraction of sp³-hybridized carbons (Fsp3) is 0.625. The highest BCUT2D eigenvalue weighted by Gasteiger charge is 2.33. The number of rotatable bonds is 6. The van der Waals surface area contributed by atoms with Crippen LogP contribution in [0.4, 0.5) is 0 Å². The molecule has 0 unspecified atom stereocenters. The van der Waals surface area contributed by atoms with Crippen molar-refractivity contribution in [2.75, 3.05) is 19.6 Å². The molecule has 2 amide bonds.